The summed E-state index contributed by atoms with van der Waals surface area (Å²) in [5.74, 6) is 0.677. The second kappa shape index (κ2) is 5.25. The Kier molecular flexibility index (Phi) is 3.63. The van der Waals surface area contributed by atoms with E-state index in [1.54, 1.807) is 11.3 Å². The fraction of sp³-hybridized carbons (Fsp3) is 0.400. The van der Waals surface area contributed by atoms with Gasteiger partial charge in [-0.25, -0.2) is 0 Å². The predicted octanol–water partition coefficient (Wildman–Crippen LogP) is 4.26. The van der Waals surface area contributed by atoms with Crippen molar-refractivity contribution >= 4 is 43.0 Å². The zero-order chi connectivity index (χ0) is 13.4. The molecule has 0 saturated carbocycles. The number of nitrogens with zero attached hydrogens (tertiary/aromatic N) is 1. The van der Waals surface area contributed by atoms with Crippen molar-refractivity contribution in [2.24, 2.45) is 5.92 Å². The molecule has 1 fully saturated rings. The van der Waals surface area contributed by atoms with Crippen molar-refractivity contribution in [2.45, 2.75) is 19.8 Å². The molecule has 100 valence electrons. The molecule has 3 rings (SSSR count). The van der Waals surface area contributed by atoms with Crippen LogP contribution >= 0.6 is 27.3 Å². The van der Waals surface area contributed by atoms with Crippen LogP contribution in [0.15, 0.2) is 32.8 Å². The molecule has 1 aliphatic rings. The molecule has 1 aromatic heterocycles. The first-order valence-corrected chi connectivity index (χ1v) is 8.28. The fourth-order valence-corrected chi connectivity index (χ4v) is 4.00. The van der Waals surface area contributed by atoms with Crippen molar-refractivity contribution < 1.29 is 0 Å². The Bertz CT molecular complexity index is 667. The maximum absolute atomic E-state index is 12.6. The maximum atomic E-state index is 12.6. The van der Waals surface area contributed by atoms with Crippen LogP contribution in [0.25, 0.3) is 10.1 Å². The Balaban J connectivity index is 2.09. The summed E-state index contributed by atoms with van der Waals surface area (Å²) in [6, 6.07) is 5.93. The number of fused-ring (bicyclic) bond motifs is 1. The van der Waals surface area contributed by atoms with Gasteiger partial charge in [0.25, 0.3) is 0 Å². The summed E-state index contributed by atoms with van der Waals surface area (Å²) in [5, 5.41) is 2.85. The zero-order valence-corrected chi connectivity index (χ0v) is 13.3. The molecule has 0 amide bonds. The molecule has 4 heteroatoms. The van der Waals surface area contributed by atoms with Gasteiger partial charge in [-0.15, -0.1) is 11.3 Å². The second-order valence-electron chi connectivity index (χ2n) is 5.28. The summed E-state index contributed by atoms with van der Waals surface area (Å²) in [7, 11) is 0. The summed E-state index contributed by atoms with van der Waals surface area (Å²) in [6.07, 6.45) is 2.45. The molecule has 0 unspecified atom stereocenters. The minimum Gasteiger partial charge on any atom is -0.367 e. The van der Waals surface area contributed by atoms with E-state index in [9.17, 15) is 4.79 Å². The summed E-state index contributed by atoms with van der Waals surface area (Å²) >= 11 is 5.11. The number of piperidine rings is 1. The highest BCUT2D eigenvalue weighted by Crippen LogP contribution is 2.26. The summed E-state index contributed by atoms with van der Waals surface area (Å²) in [6.45, 7) is 4.27. The lowest BCUT2D eigenvalue weighted by molar-refractivity contribution is 0.446. The van der Waals surface area contributed by atoms with Gasteiger partial charge in [0, 0.05) is 33.0 Å². The van der Waals surface area contributed by atoms with Gasteiger partial charge in [0.15, 0.2) is 0 Å². The van der Waals surface area contributed by atoms with Crippen molar-refractivity contribution in [1.29, 1.82) is 0 Å². The van der Waals surface area contributed by atoms with Gasteiger partial charge in [-0.1, -0.05) is 22.9 Å². The number of anilines is 1. The number of halogens is 1. The Morgan fingerprint density at radius 3 is 3.05 bits per heavy atom. The average molecular weight is 338 g/mol. The van der Waals surface area contributed by atoms with E-state index < -0.39 is 0 Å². The van der Waals surface area contributed by atoms with Crippen LogP contribution in [-0.2, 0) is 0 Å². The average Bonchev–Trinajstić information content (AvgIpc) is 2.40. The summed E-state index contributed by atoms with van der Waals surface area (Å²) in [5.41, 5.74) is 1.05. The topological polar surface area (TPSA) is 20.3 Å². The molecular weight excluding hydrogens is 322 g/mol. The minimum absolute atomic E-state index is 0.171. The molecule has 0 N–H and O–H groups in total. The van der Waals surface area contributed by atoms with Crippen molar-refractivity contribution in [3.8, 4) is 0 Å². The molecule has 0 aliphatic carbocycles. The number of hydrogen-bond acceptors (Lipinski definition) is 3. The molecule has 1 saturated heterocycles. The molecule has 2 aromatic rings. The Hall–Kier alpha value is -0.870. The van der Waals surface area contributed by atoms with Crippen molar-refractivity contribution in [1.82, 2.24) is 0 Å². The zero-order valence-electron chi connectivity index (χ0n) is 10.9. The highest BCUT2D eigenvalue weighted by atomic mass is 79.9. The molecule has 1 atom stereocenters. The van der Waals surface area contributed by atoms with E-state index in [4.69, 9.17) is 0 Å². The first-order valence-electron chi connectivity index (χ1n) is 6.61. The molecular formula is C15H16BrNOS. The lowest BCUT2D eigenvalue weighted by atomic mass is 10.00. The van der Waals surface area contributed by atoms with Gasteiger partial charge in [-0.2, -0.15) is 0 Å². The third kappa shape index (κ3) is 2.56. The lowest BCUT2D eigenvalue weighted by Crippen LogP contribution is -2.36. The van der Waals surface area contributed by atoms with E-state index in [0.717, 1.165) is 33.3 Å². The van der Waals surface area contributed by atoms with Crippen LogP contribution in [0.3, 0.4) is 0 Å². The van der Waals surface area contributed by atoms with Crippen molar-refractivity contribution in [2.75, 3.05) is 18.0 Å². The van der Waals surface area contributed by atoms with Crippen LogP contribution in [0, 0.1) is 5.92 Å². The molecule has 1 aliphatic heterocycles. The Morgan fingerprint density at radius 1 is 1.42 bits per heavy atom. The molecule has 0 radical (unpaired) electrons. The second-order valence-corrected chi connectivity index (χ2v) is 7.11. The predicted molar refractivity (Wildman–Crippen MR) is 86.4 cm³/mol. The van der Waals surface area contributed by atoms with Gasteiger partial charge in [0.05, 0.1) is 5.69 Å². The molecule has 1 aromatic carbocycles. The van der Waals surface area contributed by atoms with Crippen LogP contribution in [0.1, 0.15) is 19.8 Å². The van der Waals surface area contributed by atoms with Crippen LogP contribution in [0.2, 0.25) is 0 Å². The van der Waals surface area contributed by atoms with E-state index in [1.165, 1.54) is 12.8 Å². The maximum Gasteiger partial charge on any atom is 0.211 e. The van der Waals surface area contributed by atoms with Gasteiger partial charge in [-0.05, 0) is 37.0 Å². The Labute approximate surface area is 125 Å². The number of rotatable bonds is 1. The summed E-state index contributed by atoms with van der Waals surface area (Å²) in [4.78, 5) is 14.9. The largest absolute Gasteiger partial charge is 0.367 e. The fourth-order valence-electron chi connectivity index (χ4n) is 2.72. The van der Waals surface area contributed by atoms with Gasteiger partial charge in [-0.3, -0.25) is 4.79 Å². The molecule has 0 spiro atoms. The van der Waals surface area contributed by atoms with E-state index >= 15 is 0 Å². The normalized spacial score (nSPS) is 19.9. The third-order valence-corrected chi connectivity index (χ3v) is 5.16. The van der Waals surface area contributed by atoms with Crippen molar-refractivity contribution in [3.63, 3.8) is 0 Å². The highest BCUT2D eigenvalue weighted by Gasteiger charge is 2.19. The number of hydrogen-bond donors (Lipinski definition) is 0. The first-order chi connectivity index (χ1) is 9.15. The number of benzene rings is 1. The molecule has 0 bridgehead atoms. The van der Waals surface area contributed by atoms with Crippen molar-refractivity contribution in [3.05, 3.63) is 38.3 Å². The van der Waals surface area contributed by atoms with E-state index in [1.807, 2.05) is 23.6 Å². The van der Waals surface area contributed by atoms with E-state index in [-0.39, 0.29) is 5.43 Å². The third-order valence-electron chi connectivity index (χ3n) is 3.71. The lowest BCUT2D eigenvalue weighted by Gasteiger charge is -2.32. The minimum atomic E-state index is 0.171. The smallest absolute Gasteiger partial charge is 0.211 e. The van der Waals surface area contributed by atoms with Gasteiger partial charge >= 0.3 is 0 Å². The molecule has 19 heavy (non-hydrogen) atoms. The Morgan fingerprint density at radius 2 is 2.26 bits per heavy atom. The quantitative estimate of drug-likeness (QED) is 0.774. The molecule has 2 nitrogen and oxygen atoms in total. The monoisotopic (exact) mass is 337 g/mol. The van der Waals surface area contributed by atoms with Crippen LogP contribution in [-0.4, -0.2) is 13.1 Å². The van der Waals surface area contributed by atoms with E-state index in [0.29, 0.717) is 5.92 Å². The van der Waals surface area contributed by atoms with Crippen LogP contribution < -0.4 is 10.3 Å². The standard InChI is InChI=1S/C15H16BrNOS/c1-10-3-2-6-17(8-10)13-9-19-14-5-4-11(16)7-12(14)15(13)18/h4-5,7,9-10H,2-3,6,8H2,1H3/t10-/m0/s1. The van der Waals surface area contributed by atoms with Crippen LogP contribution in [0.4, 0.5) is 5.69 Å². The van der Waals surface area contributed by atoms with Gasteiger partial charge in [0.1, 0.15) is 0 Å². The van der Waals surface area contributed by atoms with E-state index in [2.05, 4.69) is 27.8 Å². The van der Waals surface area contributed by atoms with Gasteiger partial charge < -0.3 is 4.90 Å². The van der Waals surface area contributed by atoms with Crippen LogP contribution in [0.5, 0.6) is 0 Å². The molecule has 2 heterocycles. The first kappa shape index (κ1) is 13.1. The summed E-state index contributed by atoms with van der Waals surface area (Å²) < 4.78 is 2.02. The highest BCUT2D eigenvalue weighted by molar-refractivity contribution is 9.10. The SMILES string of the molecule is C[C@H]1CCCN(c2csc3ccc(Br)cc3c2=O)C1. The van der Waals surface area contributed by atoms with Gasteiger partial charge in [0.2, 0.25) is 5.43 Å².